The topological polar surface area (TPSA) is 91.8 Å². The van der Waals surface area contributed by atoms with Gasteiger partial charge in [-0.05, 0) is 30.3 Å². The Hall–Kier alpha value is -2.87. The van der Waals surface area contributed by atoms with Crippen molar-refractivity contribution in [1.29, 1.82) is 5.26 Å². The van der Waals surface area contributed by atoms with E-state index in [2.05, 4.69) is 10.3 Å². The predicted molar refractivity (Wildman–Crippen MR) is 68.5 cm³/mol. The average Bonchev–Trinajstić information content (AvgIpc) is 2.42. The van der Waals surface area contributed by atoms with E-state index in [1.54, 1.807) is 30.3 Å². The van der Waals surface area contributed by atoms with Crippen LogP contribution < -0.4 is 11.1 Å². The van der Waals surface area contributed by atoms with Crippen LogP contribution in [0.3, 0.4) is 0 Å². The summed E-state index contributed by atoms with van der Waals surface area (Å²) in [7, 11) is 0. The van der Waals surface area contributed by atoms with Gasteiger partial charge in [-0.25, -0.2) is 4.98 Å². The van der Waals surface area contributed by atoms with E-state index >= 15 is 0 Å². The molecule has 5 nitrogen and oxygen atoms in total. The number of aromatic nitrogens is 1. The number of benzene rings is 1. The summed E-state index contributed by atoms with van der Waals surface area (Å²) in [6.07, 6.45) is 2.13. The molecule has 0 amide bonds. The minimum absolute atomic E-state index is 0.393. The van der Waals surface area contributed by atoms with Gasteiger partial charge in [0.15, 0.2) is 12.1 Å². The minimum Gasteiger partial charge on any atom is -0.396 e. The number of nitrogens with two attached hydrogens (primary N) is 1. The van der Waals surface area contributed by atoms with Gasteiger partial charge in [-0.15, -0.1) is 0 Å². The summed E-state index contributed by atoms with van der Waals surface area (Å²) in [5.41, 5.74) is 7.94. The fraction of sp³-hybridized carbons (Fsp3) is 0. The second-order valence-electron chi connectivity index (χ2n) is 3.64. The maximum atomic E-state index is 10.6. The normalized spacial score (nSPS) is 9.50. The van der Waals surface area contributed by atoms with Gasteiger partial charge in [-0.1, -0.05) is 0 Å². The standard InChI is InChI=1S/C13H10N4O/c14-6-9-1-3-11(4-2-9)17-13-12(15)5-10(8-18)7-16-13/h1-5,7-8H,15H2,(H,16,17). The maximum Gasteiger partial charge on any atom is 0.153 e. The van der Waals surface area contributed by atoms with Crippen LogP contribution in [0.2, 0.25) is 0 Å². The molecule has 0 bridgehead atoms. The predicted octanol–water partition coefficient (Wildman–Crippen LogP) is 2.09. The molecular weight excluding hydrogens is 228 g/mol. The lowest BCUT2D eigenvalue weighted by Gasteiger charge is -2.08. The fourth-order valence-corrected chi connectivity index (χ4v) is 1.43. The molecule has 18 heavy (non-hydrogen) atoms. The van der Waals surface area contributed by atoms with Gasteiger partial charge in [0.2, 0.25) is 0 Å². The highest BCUT2D eigenvalue weighted by Crippen LogP contribution is 2.21. The van der Waals surface area contributed by atoms with E-state index in [4.69, 9.17) is 11.0 Å². The number of aldehydes is 1. The third-order valence-corrected chi connectivity index (χ3v) is 2.35. The van der Waals surface area contributed by atoms with E-state index in [-0.39, 0.29) is 0 Å². The molecule has 0 saturated carbocycles. The second kappa shape index (κ2) is 4.97. The van der Waals surface area contributed by atoms with Crippen molar-refractivity contribution in [2.24, 2.45) is 0 Å². The molecule has 0 aliphatic carbocycles. The van der Waals surface area contributed by atoms with Crippen LogP contribution in [0.5, 0.6) is 0 Å². The van der Waals surface area contributed by atoms with Gasteiger partial charge in [-0.3, -0.25) is 4.79 Å². The Balaban J connectivity index is 2.23. The van der Waals surface area contributed by atoms with Crippen LogP contribution in [0.4, 0.5) is 17.2 Å². The number of nitriles is 1. The molecule has 0 aliphatic rings. The summed E-state index contributed by atoms with van der Waals surface area (Å²) in [6, 6.07) is 10.5. The van der Waals surface area contributed by atoms with E-state index in [1.165, 1.54) is 6.20 Å². The molecule has 1 aromatic carbocycles. The molecule has 0 radical (unpaired) electrons. The molecule has 1 heterocycles. The van der Waals surface area contributed by atoms with Crippen LogP contribution in [-0.2, 0) is 0 Å². The summed E-state index contributed by atoms with van der Waals surface area (Å²) < 4.78 is 0. The van der Waals surface area contributed by atoms with Gasteiger partial charge < -0.3 is 11.1 Å². The number of hydrogen-bond donors (Lipinski definition) is 2. The summed E-state index contributed by atoms with van der Waals surface area (Å²) >= 11 is 0. The zero-order valence-electron chi connectivity index (χ0n) is 9.42. The Morgan fingerprint density at radius 3 is 2.61 bits per heavy atom. The number of nitrogens with one attached hydrogen (secondary N) is 1. The largest absolute Gasteiger partial charge is 0.396 e. The molecule has 2 aromatic rings. The van der Waals surface area contributed by atoms with E-state index in [0.717, 1.165) is 5.69 Å². The monoisotopic (exact) mass is 238 g/mol. The fourth-order valence-electron chi connectivity index (χ4n) is 1.43. The Morgan fingerprint density at radius 1 is 1.33 bits per heavy atom. The van der Waals surface area contributed by atoms with Crippen LogP contribution in [0.1, 0.15) is 15.9 Å². The van der Waals surface area contributed by atoms with Crippen molar-refractivity contribution in [3.8, 4) is 6.07 Å². The van der Waals surface area contributed by atoms with Gasteiger partial charge in [0.1, 0.15) is 0 Å². The van der Waals surface area contributed by atoms with Gasteiger partial charge in [0.25, 0.3) is 0 Å². The Kier molecular flexibility index (Phi) is 3.21. The molecule has 0 fully saturated rings. The third kappa shape index (κ3) is 2.44. The van der Waals surface area contributed by atoms with E-state index < -0.39 is 0 Å². The lowest BCUT2D eigenvalue weighted by atomic mass is 10.2. The molecule has 2 rings (SSSR count). The molecular formula is C13H10N4O. The first-order valence-electron chi connectivity index (χ1n) is 5.21. The zero-order chi connectivity index (χ0) is 13.0. The number of rotatable bonds is 3. The molecule has 1 aromatic heterocycles. The first-order chi connectivity index (χ1) is 8.72. The smallest absolute Gasteiger partial charge is 0.153 e. The van der Waals surface area contributed by atoms with Crippen molar-refractivity contribution in [3.05, 3.63) is 47.7 Å². The molecule has 0 aliphatic heterocycles. The Bertz CT molecular complexity index is 614. The molecule has 0 unspecified atom stereocenters. The molecule has 5 heteroatoms. The highest BCUT2D eigenvalue weighted by Gasteiger charge is 2.02. The van der Waals surface area contributed by atoms with Crippen molar-refractivity contribution in [2.45, 2.75) is 0 Å². The highest BCUT2D eigenvalue weighted by molar-refractivity contribution is 5.79. The van der Waals surface area contributed by atoms with Gasteiger partial charge in [-0.2, -0.15) is 5.26 Å². The van der Waals surface area contributed by atoms with Crippen LogP contribution in [0.15, 0.2) is 36.5 Å². The first kappa shape index (κ1) is 11.6. The number of anilines is 3. The molecule has 88 valence electrons. The van der Waals surface area contributed by atoms with Crippen molar-refractivity contribution in [2.75, 3.05) is 11.1 Å². The van der Waals surface area contributed by atoms with Gasteiger partial charge in [0, 0.05) is 17.4 Å². The van der Waals surface area contributed by atoms with Crippen molar-refractivity contribution >= 4 is 23.5 Å². The first-order valence-corrected chi connectivity index (χ1v) is 5.21. The minimum atomic E-state index is 0.393. The quantitative estimate of drug-likeness (QED) is 0.799. The van der Waals surface area contributed by atoms with Crippen molar-refractivity contribution in [1.82, 2.24) is 4.98 Å². The number of nitrogen functional groups attached to an aromatic ring is 1. The van der Waals surface area contributed by atoms with Crippen LogP contribution in [0.25, 0.3) is 0 Å². The Morgan fingerprint density at radius 2 is 2.06 bits per heavy atom. The lowest BCUT2D eigenvalue weighted by molar-refractivity contribution is 0.112. The van der Waals surface area contributed by atoms with Crippen LogP contribution in [-0.4, -0.2) is 11.3 Å². The number of carbonyl (C=O) groups excluding carboxylic acids is 1. The van der Waals surface area contributed by atoms with Gasteiger partial charge >= 0.3 is 0 Å². The summed E-state index contributed by atoms with van der Waals surface area (Å²) in [6.45, 7) is 0. The maximum absolute atomic E-state index is 10.6. The number of pyridine rings is 1. The van der Waals surface area contributed by atoms with Gasteiger partial charge in [0.05, 0.1) is 17.3 Å². The number of nitrogens with zero attached hydrogens (tertiary/aromatic N) is 2. The average molecular weight is 238 g/mol. The molecule has 0 atom stereocenters. The summed E-state index contributed by atoms with van der Waals surface area (Å²) in [5, 5.41) is 11.7. The second-order valence-corrected chi connectivity index (χ2v) is 3.64. The highest BCUT2D eigenvalue weighted by atomic mass is 16.1. The van der Waals surface area contributed by atoms with E-state index in [0.29, 0.717) is 28.9 Å². The molecule has 0 spiro atoms. The summed E-state index contributed by atoms with van der Waals surface area (Å²) in [5.74, 6) is 0.477. The zero-order valence-corrected chi connectivity index (χ0v) is 9.42. The van der Waals surface area contributed by atoms with Crippen LogP contribution in [0, 0.1) is 11.3 Å². The molecule has 3 N–H and O–H groups in total. The SMILES string of the molecule is N#Cc1ccc(Nc2ncc(C=O)cc2N)cc1. The van der Waals surface area contributed by atoms with E-state index in [1.807, 2.05) is 6.07 Å². The lowest BCUT2D eigenvalue weighted by Crippen LogP contribution is -2.00. The molecule has 0 saturated heterocycles. The van der Waals surface area contributed by atoms with Crippen molar-refractivity contribution < 1.29 is 4.79 Å². The number of carbonyl (C=O) groups is 1. The third-order valence-electron chi connectivity index (χ3n) is 2.35. The Labute approximate surface area is 104 Å². The summed E-state index contributed by atoms with van der Waals surface area (Å²) in [4.78, 5) is 14.6. The van der Waals surface area contributed by atoms with Crippen LogP contribution >= 0.6 is 0 Å². The number of hydrogen-bond acceptors (Lipinski definition) is 5. The van der Waals surface area contributed by atoms with E-state index in [9.17, 15) is 4.79 Å². The van der Waals surface area contributed by atoms with Crippen molar-refractivity contribution in [3.63, 3.8) is 0 Å².